The number of ether oxygens (including phenoxy) is 1. The predicted octanol–water partition coefficient (Wildman–Crippen LogP) is 2.84. The molecular formula is C15H15F2NO3S. The summed E-state index contributed by atoms with van der Waals surface area (Å²) >= 11 is 0. The van der Waals surface area contributed by atoms with Crippen LogP contribution in [0.25, 0.3) is 0 Å². The van der Waals surface area contributed by atoms with Crippen molar-refractivity contribution in [2.24, 2.45) is 0 Å². The first-order chi connectivity index (χ1) is 10.4. The average molecular weight is 327 g/mol. The fourth-order valence-corrected chi connectivity index (χ4v) is 2.95. The van der Waals surface area contributed by atoms with E-state index in [1.807, 2.05) is 6.92 Å². The Kier molecular flexibility index (Phi) is 5.10. The smallest absolute Gasteiger partial charge is 0.243 e. The summed E-state index contributed by atoms with van der Waals surface area (Å²) in [6, 6.07) is 9.24. The van der Waals surface area contributed by atoms with E-state index in [0.717, 1.165) is 12.1 Å². The molecular weight excluding hydrogens is 312 g/mol. The van der Waals surface area contributed by atoms with Crippen LogP contribution in [0.15, 0.2) is 47.4 Å². The lowest BCUT2D eigenvalue weighted by atomic mass is 10.2. The van der Waals surface area contributed by atoms with Crippen molar-refractivity contribution in [2.75, 3.05) is 6.61 Å². The molecule has 2 rings (SSSR count). The van der Waals surface area contributed by atoms with Crippen LogP contribution in [-0.2, 0) is 16.6 Å². The molecule has 0 bridgehead atoms. The monoisotopic (exact) mass is 327 g/mol. The van der Waals surface area contributed by atoms with Crippen molar-refractivity contribution in [1.29, 1.82) is 0 Å². The maximum Gasteiger partial charge on any atom is 0.243 e. The SMILES string of the molecule is CCOc1ccccc1CNS(=O)(=O)c1ccc(F)cc1F. The van der Waals surface area contributed by atoms with Crippen LogP contribution in [0, 0.1) is 11.6 Å². The van der Waals surface area contributed by atoms with E-state index in [9.17, 15) is 17.2 Å². The zero-order chi connectivity index (χ0) is 16.2. The Hall–Kier alpha value is -1.99. The fraction of sp³-hybridized carbons (Fsp3) is 0.200. The summed E-state index contributed by atoms with van der Waals surface area (Å²) in [5.74, 6) is -1.42. The standard InChI is InChI=1S/C15H15F2NO3S/c1-2-21-14-6-4-3-5-11(14)10-18-22(19,20)15-8-7-12(16)9-13(15)17/h3-9,18H,2,10H2,1H3. The van der Waals surface area contributed by atoms with Gasteiger partial charge in [-0.25, -0.2) is 21.9 Å². The minimum absolute atomic E-state index is 0.0602. The predicted molar refractivity (Wildman–Crippen MR) is 78.0 cm³/mol. The van der Waals surface area contributed by atoms with Gasteiger partial charge in [0, 0.05) is 18.2 Å². The summed E-state index contributed by atoms with van der Waals surface area (Å²) in [6.45, 7) is 2.19. The van der Waals surface area contributed by atoms with Crippen molar-refractivity contribution in [3.05, 3.63) is 59.7 Å². The van der Waals surface area contributed by atoms with Crippen LogP contribution in [0.1, 0.15) is 12.5 Å². The van der Waals surface area contributed by atoms with Gasteiger partial charge in [0.1, 0.15) is 22.3 Å². The zero-order valence-electron chi connectivity index (χ0n) is 11.8. The highest BCUT2D eigenvalue weighted by molar-refractivity contribution is 7.89. The maximum absolute atomic E-state index is 13.6. The molecule has 0 aromatic heterocycles. The van der Waals surface area contributed by atoms with E-state index in [1.54, 1.807) is 24.3 Å². The lowest BCUT2D eigenvalue weighted by Crippen LogP contribution is -2.24. The van der Waals surface area contributed by atoms with Gasteiger partial charge in [0.2, 0.25) is 10.0 Å². The van der Waals surface area contributed by atoms with Gasteiger partial charge in [-0.05, 0) is 25.1 Å². The summed E-state index contributed by atoms with van der Waals surface area (Å²) in [5, 5.41) is 0. The molecule has 0 radical (unpaired) electrons. The summed E-state index contributed by atoms with van der Waals surface area (Å²) < 4.78 is 58.3. The van der Waals surface area contributed by atoms with Crippen molar-refractivity contribution >= 4 is 10.0 Å². The second-order valence-electron chi connectivity index (χ2n) is 4.44. The third-order valence-corrected chi connectivity index (χ3v) is 4.34. The van der Waals surface area contributed by atoms with Gasteiger partial charge in [-0.15, -0.1) is 0 Å². The molecule has 0 heterocycles. The van der Waals surface area contributed by atoms with E-state index in [0.29, 0.717) is 24.0 Å². The summed E-state index contributed by atoms with van der Waals surface area (Å²) in [6.07, 6.45) is 0. The molecule has 0 atom stereocenters. The van der Waals surface area contributed by atoms with Gasteiger partial charge in [-0.2, -0.15) is 0 Å². The van der Waals surface area contributed by atoms with E-state index in [4.69, 9.17) is 4.74 Å². The largest absolute Gasteiger partial charge is 0.494 e. The molecule has 4 nitrogen and oxygen atoms in total. The van der Waals surface area contributed by atoms with E-state index in [1.165, 1.54) is 0 Å². The van der Waals surface area contributed by atoms with Crippen LogP contribution in [-0.4, -0.2) is 15.0 Å². The number of para-hydroxylation sites is 1. The highest BCUT2D eigenvalue weighted by Gasteiger charge is 2.19. The minimum Gasteiger partial charge on any atom is -0.494 e. The third kappa shape index (κ3) is 3.80. The highest BCUT2D eigenvalue weighted by atomic mass is 32.2. The van der Waals surface area contributed by atoms with Crippen LogP contribution in [0.2, 0.25) is 0 Å². The summed E-state index contributed by atoms with van der Waals surface area (Å²) in [5.41, 5.74) is 0.621. The molecule has 0 saturated heterocycles. The Morgan fingerprint density at radius 2 is 1.86 bits per heavy atom. The quantitative estimate of drug-likeness (QED) is 0.887. The van der Waals surface area contributed by atoms with Crippen molar-refractivity contribution in [2.45, 2.75) is 18.4 Å². The topological polar surface area (TPSA) is 55.4 Å². The number of halogens is 2. The van der Waals surface area contributed by atoms with Crippen molar-refractivity contribution in [1.82, 2.24) is 4.72 Å². The Labute approximate surface area is 127 Å². The number of sulfonamides is 1. The lowest BCUT2D eigenvalue weighted by Gasteiger charge is -2.11. The molecule has 0 unspecified atom stereocenters. The number of rotatable bonds is 6. The van der Waals surface area contributed by atoms with E-state index in [-0.39, 0.29) is 6.54 Å². The summed E-state index contributed by atoms with van der Waals surface area (Å²) in [7, 11) is -4.08. The van der Waals surface area contributed by atoms with Gasteiger partial charge in [0.15, 0.2) is 0 Å². The summed E-state index contributed by atoms with van der Waals surface area (Å²) in [4.78, 5) is -0.595. The Morgan fingerprint density at radius 1 is 1.14 bits per heavy atom. The van der Waals surface area contributed by atoms with E-state index >= 15 is 0 Å². The first kappa shape index (κ1) is 16.4. The van der Waals surface area contributed by atoms with Crippen LogP contribution in [0.5, 0.6) is 5.75 Å². The van der Waals surface area contributed by atoms with Gasteiger partial charge in [0.05, 0.1) is 6.61 Å². The van der Waals surface area contributed by atoms with Crippen molar-refractivity contribution < 1.29 is 21.9 Å². The van der Waals surface area contributed by atoms with Crippen LogP contribution in [0.3, 0.4) is 0 Å². The maximum atomic E-state index is 13.6. The Bertz CT molecular complexity index is 763. The second kappa shape index (κ2) is 6.85. The molecule has 0 saturated carbocycles. The number of hydrogen-bond donors (Lipinski definition) is 1. The van der Waals surface area contributed by atoms with Crippen molar-refractivity contribution in [3.63, 3.8) is 0 Å². The molecule has 7 heteroatoms. The molecule has 2 aromatic carbocycles. The first-order valence-corrected chi connectivity index (χ1v) is 8.08. The molecule has 0 aliphatic carbocycles. The van der Waals surface area contributed by atoms with Crippen molar-refractivity contribution in [3.8, 4) is 5.75 Å². The molecule has 0 aliphatic rings. The van der Waals surface area contributed by atoms with Gasteiger partial charge in [-0.1, -0.05) is 18.2 Å². The average Bonchev–Trinajstić information content (AvgIpc) is 2.46. The molecule has 118 valence electrons. The Morgan fingerprint density at radius 3 is 2.55 bits per heavy atom. The highest BCUT2D eigenvalue weighted by Crippen LogP contribution is 2.20. The zero-order valence-corrected chi connectivity index (χ0v) is 12.7. The molecule has 0 fully saturated rings. The van der Waals surface area contributed by atoms with Gasteiger partial charge in [0.25, 0.3) is 0 Å². The number of nitrogens with one attached hydrogen (secondary N) is 1. The Balaban J connectivity index is 2.20. The normalized spacial score (nSPS) is 11.4. The molecule has 2 aromatic rings. The fourth-order valence-electron chi connectivity index (χ4n) is 1.89. The number of benzene rings is 2. The lowest BCUT2D eigenvalue weighted by molar-refractivity contribution is 0.336. The van der Waals surface area contributed by atoms with E-state index < -0.39 is 26.6 Å². The number of hydrogen-bond acceptors (Lipinski definition) is 3. The van der Waals surface area contributed by atoms with Crippen LogP contribution < -0.4 is 9.46 Å². The molecule has 0 amide bonds. The molecule has 0 spiro atoms. The van der Waals surface area contributed by atoms with Gasteiger partial charge < -0.3 is 4.74 Å². The van der Waals surface area contributed by atoms with Crippen LogP contribution >= 0.6 is 0 Å². The first-order valence-electron chi connectivity index (χ1n) is 6.59. The van der Waals surface area contributed by atoms with Gasteiger partial charge >= 0.3 is 0 Å². The van der Waals surface area contributed by atoms with Gasteiger partial charge in [-0.3, -0.25) is 0 Å². The third-order valence-electron chi connectivity index (χ3n) is 2.91. The molecule has 22 heavy (non-hydrogen) atoms. The second-order valence-corrected chi connectivity index (χ2v) is 6.18. The van der Waals surface area contributed by atoms with Crippen LogP contribution in [0.4, 0.5) is 8.78 Å². The molecule has 0 aliphatic heterocycles. The molecule has 1 N–H and O–H groups in total. The minimum atomic E-state index is -4.08. The van der Waals surface area contributed by atoms with E-state index in [2.05, 4.69) is 4.72 Å².